The van der Waals surface area contributed by atoms with Crippen LogP contribution in [0.4, 0.5) is 0 Å². The highest BCUT2D eigenvalue weighted by Gasteiger charge is 2.36. The maximum absolute atomic E-state index is 6.24. The van der Waals surface area contributed by atoms with Crippen LogP contribution in [0.25, 0.3) is 0 Å². The predicted octanol–water partition coefficient (Wildman–Crippen LogP) is 2.32. The van der Waals surface area contributed by atoms with Crippen LogP contribution in [-0.2, 0) is 10.3 Å². The van der Waals surface area contributed by atoms with Crippen molar-refractivity contribution in [2.75, 3.05) is 6.61 Å². The van der Waals surface area contributed by atoms with Crippen LogP contribution in [0.5, 0.6) is 0 Å². The molecule has 0 aliphatic heterocycles. The molecule has 0 amide bonds. The summed E-state index contributed by atoms with van der Waals surface area (Å²) in [6.45, 7) is 4.47. The molecule has 6 heteroatoms. The summed E-state index contributed by atoms with van der Waals surface area (Å²) in [5.41, 5.74) is 5.86. The average Bonchev–Trinajstić information content (AvgIpc) is 2.86. The molecule has 0 aromatic carbocycles. The maximum atomic E-state index is 6.24. The van der Waals surface area contributed by atoms with E-state index in [1.165, 1.54) is 0 Å². The maximum Gasteiger partial charge on any atom is 0.255 e. The van der Waals surface area contributed by atoms with Gasteiger partial charge in [0, 0.05) is 6.61 Å². The summed E-state index contributed by atoms with van der Waals surface area (Å²) in [6, 6.07) is 0. The molecule has 1 atom stereocenters. The number of nitrogens with zero attached hydrogens (tertiary/aromatic N) is 2. The third-order valence-corrected chi connectivity index (χ3v) is 3.15. The lowest BCUT2D eigenvalue weighted by Crippen LogP contribution is -2.34. The van der Waals surface area contributed by atoms with Gasteiger partial charge in [-0.15, -0.1) is 12.4 Å². The van der Waals surface area contributed by atoms with E-state index in [1.54, 1.807) is 0 Å². The number of ether oxygens (including phenoxy) is 1. The van der Waals surface area contributed by atoms with E-state index in [0.29, 0.717) is 18.3 Å². The van der Waals surface area contributed by atoms with E-state index in [2.05, 4.69) is 10.1 Å². The van der Waals surface area contributed by atoms with Gasteiger partial charge in [-0.3, -0.25) is 0 Å². The summed E-state index contributed by atoms with van der Waals surface area (Å²) in [6.07, 6.45) is 4.00. The van der Waals surface area contributed by atoms with E-state index in [0.717, 1.165) is 25.7 Å². The van der Waals surface area contributed by atoms with Gasteiger partial charge in [0.15, 0.2) is 5.82 Å². The van der Waals surface area contributed by atoms with E-state index >= 15 is 0 Å². The minimum absolute atomic E-state index is 0. The fourth-order valence-corrected chi connectivity index (χ4v) is 2.15. The molecule has 1 fully saturated rings. The Balaban J connectivity index is 0.00000144. The van der Waals surface area contributed by atoms with Gasteiger partial charge in [-0.1, -0.05) is 18.0 Å². The normalized spacial score (nSPS) is 19.9. The standard InChI is InChI=1S/C11H19N3O2.ClH/c1-3-15-8(2)9-13-10(14-16-9)11(12)6-4-5-7-11;/h8H,3-7,12H2,1-2H3;1H. The van der Waals surface area contributed by atoms with Crippen LogP contribution in [-0.4, -0.2) is 16.7 Å². The molecular weight excluding hydrogens is 242 g/mol. The summed E-state index contributed by atoms with van der Waals surface area (Å²) >= 11 is 0. The Morgan fingerprint density at radius 2 is 2.12 bits per heavy atom. The lowest BCUT2D eigenvalue weighted by Gasteiger charge is -2.17. The molecule has 1 aliphatic carbocycles. The number of hydrogen-bond donors (Lipinski definition) is 1. The summed E-state index contributed by atoms with van der Waals surface area (Å²) in [4.78, 5) is 4.35. The van der Waals surface area contributed by atoms with Crippen molar-refractivity contribution in [1.82, 2.24) is 10.1 Å². The van der Waals surface area contributed by atoms with Crippen molar-refractivity contribution < 1.29 is 9.26 Å². The molecule has 2 N–H and O–H groups in total. The summed E-state index contributed by atoms with van der Waals surface area (Å²) in [7, 11) is 0. The first-order valence-electron chi connectivity index (χ1n) is 5.90. The topological polar surface area (TPSA) is 74.2 Å². The minimum Gasteiger partial charge on any atom is -0.369 e. The molecule has 0 bridgehead atoms. The van der Waals surface area contributed by atoms with E-state index in [-0.39, 0.29) is 24.0 Å². The predicted molar refractivity (Wildman–Crippen MR) is 65.9 cm³/mol. The number of aromatic nitrogens is 2. The van der Waals surface area contributed by atoms with Gasteiger partial charge in [0.25, 0.3) is 5.89 Å². The van der Waals surface area contributed by atoms with Gasteiger partial charge in [0.05, 0.1) is 5.54 Å². The fourth-order valence-electron chi connectivity index (χ4n) is 2.15. The van der Waals surface area contributed by atoms with Crippen LogP contribution < -0.4 is 5.73 Å². The fraction of sp³-hybridized carbons (Fsp3) is 0.818. The van der Waals surface area contributed by atoms with Gasteiger partial charge in [-0.25, -0.2) is 0 Å². The van der Waals surface area contributed by atoms with Crippen LogP contribution >= 0.6 is 12.4 Å². The second-order valence-corrected chi connectivity index (χ2v) is 4.42. The first-order valence-corrected chi connectivity index (χ1v) is 5.90. The lowest BCUT2D eigenvalue weighted by atomic mass is 9.99. The molecule has 0 saturated heterocycles. The quantitative estimate of drug-likeness (QED) is 0.900. The van der Waals surface area contributed by atoms with E-state index in [9.17, 15) is 0 Å². The van der Waals surface area contributed by atoms with Gasteiger partial charge in [-0.05, 0) is 26.7 Å². The molecule has 2 rings (SSSR count). The monoisotopic (exact) mass is 261 g/mol. The Labute approximate surface area is 108 Å². The lowest BCUT2D eigenvalue weighted by molar-refractivity contribution is 0.0519. The molecule has 0 spiro atoms. The van der Waals surface area contributed by atoms with Crippen LogP contribution in [0, 0.1) is 0 Å². The van der Waals surface area contributed by atoms with Gasteiger partial charge in [0.2, 0.25) is 0 Å². The molecule has 98 valence electrons. The smallest absolute Gasteiger partial charge is 0.255 e. The first kappa shape index (κ1) is 14.4. The SMILES string of the molecule is CCOC(C)c1nc(C2(N)CCCC2)no1.Cl. The summed E-state index contributed by atoms with van der Waals surface area (Å²) < 4.78 is 10.6. The number of halogens is 1. The Hall–Kier alpha value is -0.650. The van der Waals surface area contributed by atoms with Crippen molar-refractivity contribution in [3.63, 3.8) is 0 Å². The minimum atomic E-state index is -0.381. The number of hydrogen-bond acceptors (Lipinski definition) is 5. The van der Waals surface area contributed by atoms with E-state index in [1.807, 2.05) is 13.8 Å². The van der Waals surface area contributed by atoms with Crippen molar-refractivity contribution in [3.05, 3.63) is 11.7 Å². The highest BCUT2D eigenvalue weighted by Crippen LogP contribution is 2.35. The van der Waals surface area contributed by atoms with E-state index < -0.39 is 0 Å². The van der Waals surface area contributed by atoms with Gasteiger partial charge < -0.3 is 15.0 Å². The molecular formula is C11H20ClN3O2. The zero-order valence-corrected chi connectivity index (χ0v) is 11.1. The molecule has 17 heavy (non-hydrogen) atoms. The van der Waals surface area contributed by atoms with E-state index in [4.69, 9.17) is 15.0 Å². The molecule has 1 aliphatic rings. The van der Waals surface area contributed by atoms with Crippen molar-refractivity contribution in [2.24, 2.45) is 5.73 Å². The Morgan fingerprint density at radius 1 is 1.47 bits per heavy atom. The van der Waals surface area contributed by atoms with Crippen LogP contribution in [0.3, 0.4) is 0 Å². The Bertz CT molecular complexity index is 350. The van der Waals surface area contributed by atoms with Crippen LogP contribution in [0.1, 0.15) is 57.3 Å². The van der Waals surface area contributed by atoms with Gasteiger partial charge >= 0.3 is 0 Å². The van der Waals surface area contributed by atoms with Crippen molar-refractivity contribution in [1.29, 1.82) is 0 Å². The average molecular weight is 262 g/mol. The molecule has 1 heterocycles. The Morgan fingerprint density at radius 3 is 2.71 bits per heavy atom. The molecule has 0 radical (unpaired) electrons. The molecule has 5 nitrogen and oxygen atoms in total. The van der Waals surface area contributed by atoms with Crippen molar-refractivity contribution in [3.8, 4) is 0 Å². The molecule has 1 aromatic rings. The summed E-state index contributed by atoms with van der Waals surface area (Å²) in [5.74, 6) is 1.15. The summed E-state index contributed by atoms with van der Waals surface area (Å²) in [5, 5.41) is 3.98. The van der Waals surface area contributed by atoms with Crippen molar-refractivity contribution >= 4 is 12.4 Å². The molecule has 1 aromatic heterocycles. The zero-order valence-electron chi connectivity index (χ0n) is 10.3. The van der Waals surface area contributed by atoms with Crippen LogP contribution in [0.2, 0.25) is 0 Å². The molecule has 1 unspecified atom stereocenters. The first-order chi connectivity index (χ1) is 7.65. The zero-order chi connectivity index (χ0) is 11.6. The number of rotatable bonds is 4. The third-order valence-electron chi connectivity index (χ3n) is 3.15. The second-order valence-electron chi connectivity index (χ2n) is 4.42. The van der Waals surface area contributed by atoms with Gasteiger partial charge in [0.1, 0.15) is 6.10 Å². The second kappa shape index (κ2) is 5.80. The highest BCUT2D eigenvalue weighted by molar-refractivity contribution is 5.85. The van der Waals surface area contributed by atoms with Crippen LogP contribution in [0.15, 0.2) is 4.52 Å². The Kier molecular flexibility index (Phi) is 4.91. The van der Waals surface area contributed by atoms with Crippen molar-refractivity contribution in [2.45, 2.75) is 51.2 Å². The molecule has 1 saturated carbocycles. The highest BCUT2D eigenvalue weighted by atomic mass is 35.5. The largest absolute Gasteiger partial charge is 0.369 e. The van der Waals surface area contributed by atoms with Gasteiger partial charge in [-0.2, -0.15) is 4.98 Å². The number of nitrogens with two attached hydrogens (primary N) is 1. The third kappa shape index (κ3) is 2.97.